The van der Waals surface area contributed by atoms with E-state index >= 15 is 0 Å². The van der Waals surface area contributed by atoms with Gasteiger partial charge in [-0.05, 0) is 30.9 Å². The highest BCUT2D eigenvalue weighted by Gasteiger charge is 2.39. The molecule has 1 aromatic carbocycles. The lowest BCUT2D eigenvalue weighted by Gasteiger charge is -2.36. The smallest absolute Gasteiger partial charge is 0.0168 e. The van der Waals surface area contributed by atoms with Crippen molar-refractivity contribution in [3.8, 4) is 0 Å². The summed E-state index contributed by atoms with van der Waals surface area (Å²) < 4.78 is 0. The maximum atomic E-state index is 2.40. The summed E-state index contributed by atoms with van der Waals surface area (Å²) in [5, 5.41) is 0. The topological polar surface area (TPSA) is 0 Å². The van der Waals surface area contributed by atoms with Crippen molar-refractivity contribution in [3.63, 3.8) is 0 Å². The molecular formula is C15H18. The van der Waals surface area contributed by atoms with Gasteiger partial charge < -0.3 is 0 Å². The molecule has 0 unspecified atom stereocenters. The lowest BCUT2D eigenvalue weighted by molar-refractivity contribution is 0.345. The summed E-state index contributed by atoms with van der Waals surface area (Å²) in [6.45, 7) is 2.32. The summed E-state index contributed by atoms with van der Waals surface area (Å²) in [5.41, 5.74) is 5.09. The van der Waals surface area contributed by atoms with Gasteiger partial charge in [0.1, 0.15) is 0 Å². The van der Waals surface area contributed by atoms with Crippen LogP contribution in [0.1, 0.15) is 50.2 Å². The van der Waals surface area contributed by atoms with Gasteiger partial charge in [0.15, 0.2) is 0 Å². The quantitative estimate of drug-likeness (QED) is 0.583. The zero-order valence-electron chi connectivity index (χ0n) is 9.42. The maximum absolute atomic E-state index is 2.40. The average molecular weight is 198 g/mol. The SMILES string of the molecule is CC1=Cc2ccccc2C12CCCCC2. The Bertz CT molecular complexity index is 406. The van der Waals surface area contributed by atoms with Gasteiger partial charge in [-0.1, -0.05) is 55.2 Å². The monoisotopic (exact) mass is 198 g/mol. The van der Waals surface area contributed by atoms with Crippen molar-refractivity contribution >= 4 is 6.08 Å². The van der Waals surface area contributed by atoms with Crippen molar-refractivity contribution in [3.05, 3.63) is 41.0 Å². The highest BCUT2D eigenvalue weighted by Crippen LogP contribution is 2.50. The molecular weight excluding hydrogens is 180 g/mol. The van der Waals surface area contributed by atoms with Crippen molar-refractivity contribution in [1.82, 2.24) is 0 Å². The normalized spacial score (nSPS) is 22.6. The van der Waals surface area contributed by atoms with Gasteiger partial charge in [0, 0.05) is 5.41 Å². The zero-order chi connectivity index (χ0) is 10.3. The van der Waals surface area contributed by atoms with Crippen molar-refractivity contribution in [2.45, 2.75) is 44.4 Å². The second-order valence-electron chi connectivity index (χ2n) is 5.06. The molecule has 1 spiro atoms. The van der Waals surface area contributed by atoms with Crippen LogP contribution in [0.25, 0.3) is 6.08 Å². The van der Waals surface area contributed by atoms with E-state index in [4.69, 9.17) is 0 Å². The first kappa shape index (κ1) is 9.21. The third kappa shape index (κ3) is 1.20. The first-order chi connectivity index (χ1) is 7.33. The number of benzene rings is 1. The van der Waals surface area contributed by atoms with E-state index in [9.17, 15) is 0 Å². The molecule has 1 fully saturated rings. The fourth-order valence-electron chi connectivity index (χ4n) is 3.46. The van der Waals surface area contributed by atoms with Crippen molar-refractivity contribution in [1.29, 1.82) is 0 Å². The fraction of sp³-hybridized carbons (Fsp3) is 0.467. The molecule has 0 N–H and O–H groups in total. The number of rotatable bonds is 0. The molecule has 0 nitrogen and oxygen atoms in total. The summed E-state index contributed by atoms with van der Waals surface area (Å²) in [7, 11) is 0. The molecule has 2 aliphatic carbocycles. The van der Waals surface area contributed by atoms with E-state index in [1.54, 1.807) is 11.1 Å². The van der Waals surface area contributed by atoms with Gasteiger partial charge in [-0.25, -0.2) is 0 Å². The van der Waals surface area contributed by atoms with Gasteiger partial charge >= 0.3 is 0 Å². The highest BCUT2D eigenvalue weighted by atomic mass is 14.4. The molecule has 0 amide bonds. The van der Waals surface area contributed by atoms with Gasteiger partial charge in [-0.2, -0.15) is 0 Å². The molecule has 0 radical (unpaired) electrons. The Balaban J connectivity index is 2.13. The maximum Gasteiger partial charge on any atom is 0.0168 e. The molecule has 0 aromatic heterocycles. The summed E-state index contributed by atoms with van der Waals surface area (Å²) >= 11 is 0. The van der Waals surface area contributed by atoms with E-state index in [1.807, 2.05) is 0 Å². The molecule has 0 heterocycles. The molecule has 0 atom stereocenters. The van der Waals surface area contributed by atoms with E-state index in [0.29, 0.717) is 5.41 Å². The van der Waals surface area contributed by atoms with Crippen molar-refractivity contribution in [2.24, 2.45) is 0 Å². The Labute approximate surface area is 92.0 Å². The van der Waals surface area contributed by atoms with E-state index in [1.165, 1.54) is 37.7 Å². The second kappa shape index (κ2) is 3.23. The van der Waals surface area contributed by atoms with Crippen LogP contribution in [0.4, 0.5) is 0 Å². The summed E-state index contributed by atoms with van der Waals surface area (Å²) in [6.07, 6.45) is 9.37. The first-order valence-electron chi connectivity index (χ1n) is 6.11. The summed E-state index contributed by atoms with van der Waals surface area (Å²) in [4.78, 5) is 0. The van der Waals surface area contributed by atoms with Crippen molar-refractivity contribution in [2.75, 3.05) is 0 Å². The third-order valence-corrected chi connectivity index (χ3v) is 4.31. The Morgan fingerprint density at radius 1 is 1.00 bits per heavy atom. The van der Waals surface area contributed by atoms with E-state index in [2.05, 4.69) is 37.3 Å². The molecule has 15 heavy (non-hydrogen) atoms. The Morgan fingerprint density at radius 2 is 1.73 bits per heavy atom. The molecule has 78 valence electrons. The van der Waals surface area contributed by atoms with Crippen LogP contribution in [-0.2, 0) is 5.41 Å². The van der Waals surface area contributed by atoms with Crippen LogP contribution in [0.15, 0.2) is 29.8 Å². The van der Waals surface area contributed by atoms with Crippen molar-refractivity contribution < 1.29 is 0 Å². The minimum Gasteiger partial charge on any atom is -0.0621 e. The minimum absolute atomic E-state index is 0.425. The van der Waals surface area contributed by atoms with Gasteiger partial charge in [0.25, 0.3) is 0 Å². The molecule has 0 saturated heterocycles. The molecule has 0 aliphatic heterocycles. The van der Waals surface area contributed by atoms with Crippen LogP contribution in [0.3, 0.4) is 0 Å². The number of hydrogen-bond acceptors (Lipinski definition) is 0. The van der Waals surface area contributed by atoms with Crippen LogP contribution < -0.4 is 0 Å². The Hall–Kier alpha value is -1.04. The van der Waals surface area contributed by atoms with Gasteiger partial charge in [0.05, 0.1) is 0 Å². The number of fused-ring (bicyclic) bond motifs is 2. The van der Waals surface area contributed by atoms with E-state index in [0.717, 1.165) is 0 Å². The average Bonchev–Trinajstić information content (AvgIpc) is 2.55. The minimum atomic E-state index is 0.425. The van der Waals surface area contributed by atoms with E-state index < -0.39 is 0 Å². The molecule has 1 aromatic rings. The number of hydrogen-bond donors (Lipinski definition) is 0. The third-order valence-electron chi connectivity index (χ3n) is 4.31. The van der Waals surface area contributed by atoms with Crippen LogP contribution in [0.5, 0.6) is 0 Å². The van der Waals surface area contributed by atoms with Gasteiger partial charge in [0.2, 0.25) is 0 Å². The fourth-order valence-corrected chi connectivity index (χ4v) is 3.46. The zero-order valence-corrected chi connectivity index (χ0v) is 9.42. The largest absolute Gasteiger partial charge is 0.0621 e. The predicted octanol–water partition coefficient (Wildman–Crippen LogP) is 4.31. The van der Waals surface area contributed by atoms with Crippen LogP contribution in [0, 0.1) is 0 Å². The second-order valence-corrected chi connectivity index (χ2v) is 5.06. The van der Waals surface area contributed by atoms with Gasteiger partial charge in [-0.3, -0.25) is 0 Å². The Morgan fingerprint density at radius 3 is 2.53 bits per heavy atom. The lowest BCUT2D eigenvalue weighted by atomic mass is 9.67. The van der Waals surface area contributed by atoms with Gasteiger partial charge in [-0.15, -0.1) is 0 Å². The van der Waals surface area contributed by atoms with Crippen LogP contribution >= 0.6 is 0 Å². The highest BCUT2D eigenvalue weighted by molar-refractivity contribution is 5.69. The van der Waals surface area contributed by atoms with Crippen LogP contribution in [-0.4, -0.2) is 0 Å². The van der Waals surface area contributed by atoms with Crippen LogP contribution in [0.2, 0.25) is 0 Å². The van der Waals surface area contributed by atoms with E-state index in [-0.39, 0.29) is 0 Å². The molecule has 0 heteroatoms. The molecule has 0 bridgehead atoms. The molecule has 1 saturated carbocycles. The summed E-state index contributed by atoms with van der Waals surface area (Å²) in [6, 6.07) is 8.96. The standard InChI is InChI=1S/C15H18/c1-12-11-13-7-3-4-8-14(13)15(12)9-5-2-6-10-15/h3-4,7-8,11H,2,5-6,9-10H2,1H3. The summed E-state index contributed by atoms with van der Waals surface area (Å²) in [5.74, 6) is 0. The molecule has 2 aliphatic rings. The first-order valence-corrected chi connectivity index (χ1v) is 6.11. The molecule has 3 rings (SSSR count). The Kier molecular flexibility index (Phi) is 1.98. The predicted molar refractivity (Wildman–Crippen MR) is 64.9 cm³/mol. The number of allylic oxidation sites excluding steroid dienone is 1. The lowest BCUT2D eigenvalue weighted by Crippen LogP contribution is -2.28.